The van der Waals surface area contributed by atoms with Crippen LogP contribution >= 0.6 is 11.6 Å². The van der Waals surface area contributed by atoms with Gasteiger partial charge in [-0.1, -0.05) is 25.4 Å². The molecule has 2 aromatic carbocycles. The molecule has 0 amide bonds. The van der Waals surface area contributed by atoms with Crippen LogP contribution in [0, 0.1) is 0 Å². The minimum absolute atomic E-state index is 0.0553. The minimum Gasteiger partial charge on any atom is -0.368 e. The number of halogens is 1. The SMILES string of the molecule is CCC1(O)CN(c2ccc(Cl)cc2)C(c2ccc(S(=O)(=O)CC)cc2)=N1. The summed E-state index contributed by atoms with van der Waals surface area (Å²) in [5, 5.41) is 11.3. The third-order valence-corrected chi connectivity index (χ3v) is 6.54. The number of hydrogen-bond donors (Lipinski definition) is 1. The molecule has 0 aliphatic carbocycles. The van der Waals surface area contributed by atoms with Crippen LogP contribution in [-0.2, 0) is 9.84 Å². The van der Waals surface area contributed by atoms with E-state index in [9.17, 15) is 13.5 Å². The summed E-state index contributed by atoms with van der Waals surface area (Å²) >= 11 is 5.97. The first-order valence-corrected chi connectivity index (χ1v) is 10.5. The van der Waals surface area contributed by atoms with E-state index in [0.29, 0.717) is 23.8 Å². The molecular weight excluding hydrogens is 372 g/mol. The number of benzene rings is 2. The Labute approximate surface area is 158 Å². The third kappa shape index (κ3) is 3.63. The predicted octanol–water partition coefficient (Wildman–Crippen LogP) is 3.50. The molecule has 1 atom stereocenters. The highest BCUT2D eigenvalue weighted by molar-refractivity contribution is 7.91. The Balaban J connectivity index is 2.01. The first-order valence-electron chi connectivity index (χ1n) is 8.46. The lowest BCUT2D eigenvalue weighted by Gasteiger charge is -2.23. The van der Waals surface area contributed by atoms with E-state index in [2.05, 4.69) is 4.99 Å². The molecule has 1 aliphatic rings. The van der Waals surface area contributed by atoms with Crippen LogP contribution in [-0.4, -0.2) is 37.4 Å². The van der Waals surface area contributed by atoms with Crippen molar-refractivity contribution in [3.63, 3.8) is 0 Å². The largest absolute Gasteiger partial charge is 0.368 e. The predicted molar refractivity (Wildman–Crippen MR) is 105 cm³/mol. The maximum atomic E-state index is 12.0. The molecular formula is C19H21ClN2O3S. The molecule has 1 heterocycles. The number of β-amino-alcohol motifs (C(OH)–C–C–N with tert-alkyl or cyclic N) is 1. The summed E-state index contributed by atoms with van der Waals surface area (Å²) in [4.78, 5) is 6.72. The van der Waals surface area contributed by atoms with Crippen molar-refractivity contribution < 1.29 is 13.5 Å². The molecule has 26 heavy (non-hydrogen) atoms. The molecule has 5 nitrogen and oxygen atoms in total. The topological polar surface area (TPSA) is 70.0 Å². The summed E-state index contributed by atoms with van der Waals surface area (Å²) in [6.45, 7) is 3.83. The lowest BCUT2D eigenvalue weighted by molar-refractivity contribution is 0.0633. The van der Waals surface area contributed by atoms with E-state index in [1.165, 1.54) is 0 Å². The van der Waals surface area contributed by atoms with Crippen LogP contribution in [0.1, 0.15) is 25.8 Å². The summed E-state index contributed by atoms with van der Waals surface area (Å²) < 4.78 is 24.0. The summed E-state index contributed by atoms with van der Waals surface area (Å²) in [6, 6.07) is 13.9. The van der Waals surface area contributed by atoms with Crippen LogP contribution < -0.4 is 4.90 Å². The second-order valence-corrected chi connectivity index (χ2v) is 8.98. The van der Waals surface area contributed by atoms with Gasteiger partial charge in [0.25, 0.3) is 0 Å². The van der Waals surface area contributed by atoms with Crippen molar-refractivity contribution >= 4 is 33.0 Å². The molecule has 1 unspecified atom stereocenters. The molecule has 3 rings (SSSR count). The monoisotopic (exact) mass is 392 g/mol. The second-order valence-electron chi connectivity index (χ2n) is 6.26. The molecule has 0 saturated carbocycles. The lowest BCUT2D eigenvalue weighted by Crippen LogP contribution is -2.35. The molecule has 0 bridgehead atoms. The van der Waals surface area contributed by atoms with Crippen LogP contribution in [0.3, 0.4) is 0 Å². The van der Waals surface area contributed by atoms with Crippen LogP contribution in [0.2, 0.25) is 5.02 Å². The maximum Gasteiger partial charge on any atom is 0.178 e. The van der Waals surface area contributed by atoms with E-state index >= 15 is 0 Å². The Morgan fingerprint density at radius 1 is 1.12 bits per heavy atom. The van der Waals surface area contributed by atoms with E-state index < -0.39 is 15.6 Å². The van der Waals surface area contributed by atoms with Gasteiger partial charge >= 0.3 is 0 Å². The fraction of sp³-hybridized carbons (Fsp3) is 0.316. The summed E-state index contributed by atoms with van der Waals surface area (Å²) in [6.07, 6.45) is 0.475. The summed E-state index contributed by atoms with van der Waals surface area (Å²) in [5.74, 6) is 0.664. The third-order valence-electron chi connectivity index (χ3n) is 4.54. The number of aliphatic hydroxyl groups is 1. The minimum atomic E-state index is -3.25. The van der Waals surface area contributed by atoms with Crippen molar-refractivity contribution in [1.82, 2.24) is 0 Å². The van der Waals surface area contributed by atoms with E-state index in [-0.39, 0.29) is 10.6 Å². The van der Waals surface area contributed by atoms with Crippen molar-refractivity contribution in [2.75, 3.05) is 17.2 Å². The number of aliphatic imine (C=N–C) groups is 1. The Kier molecular flexibility index (Phi) is 5.10. The smallest absolute Gasteiger partial charge is 0.178 e. The highest BCUT2D eigenvalue weighted by Crippen LogP contribution is 2.30. The Bertz CT molecular complexity index is 924. The number of anilines is 1. The van der Waals surface area contributed by atoms with Gasteiger partial charge in [0.2, 0.25) is 0 Å². The van der Waals surface area contributed by atoms with Gasteiger partial charge in [-0.2, -0.15) is 0 Å². The summed E-state index contributed by atoms with van der Waals surface area (Å²) in [5.41, 5.74) is 0.436. The van der Waals surface area contributed by atoms with Crippen molar-refractivity contribution in [2.45, 2.75) is 30.9 Å². The highest BCUT2D eigenvalue weighted by Gasteiger charge is 2.37. The molecule has 0 radical (unpaired) electrons. The molecule has 1 N–H and O–H groups in total. The number of amidine groups is 1. The van der Waals surface area contributed by atoms with Gasteiger partial charge in [0.15, 0.2) is 15.6 Å². The number of nitrogens with zero attached hydrogens (tertiary/aromatic N) is 2. The Morgan fingerprint density at radius 2 is 1.73 bits per heavy atom. The van der Waals surface area contributed by atoms with E-state index in [0.717, 1.165) is 11.3 Å². The number of hydrogen-bond acceptors (Lipinski definition) is 5. The van der Waals surface area contributed by atoms with Gasteiger partial charge in [-0.05, 0) is 55.0 Å². The number of rotatable bonds is 5. The molecule has 0 fully saturated rings. The van der Waals surface area contributed by atoms with Crippen molar-refractivity contribution in [1.29, 1.82) is 0 Å². The van der Waals surface area contributed by atoms with Crippen molar-refractivity contribution in [2.24, 2.45) is 4.99 Å². The molecule has 1 aliphatic heterocycles. The quantitative estimate of drug-likeness (QED) is 0.845. The van der Waals surface area contributed by atoms with Crippen molar-refractivity contribution in [3.05, 3.63) is 59.1 Å². The fourth-order valence-electron chi connectivity index (χ4n) is 2.84. The zero-order valence-electron chi connectivity index (χ0n) is 14.7. The molecule has 138 valence electrons. The van der Waals surface area contributed by atoms with Crippen LogP contribution in [0.4, 0.5) is 5.69 Å². The van der Waals surface area contributed by atoms with Gasteiger partial charge in [-0.25, -0.2) is 13.4 Å². The van der Waals surface area contributed by atoms with Crippen LogP contribution in [0.15, 0.2) is 58.4 Å². The zero-order valence-corrected chi connectivity index (χ0v) is 16.3. The normalized spacial score (nSPS) is 20.3. The van der Waals surface area contributed by atoms with Crippen LogP contribution in [0.25, 0.3) is 0 Å². The molecule has 0 saturated heterocycles. The first-order chi connectivity index (χ1) is 12.3. The Morgan fingerprint density at radius 3 is 2.27 bits per heavy atom. The molecule has 2 aromatic rings. The van der Waals surface area contributed by atoms with Gasteiger partial charge in [0, 0.05) is 16.3 Å². The van der Waals surface area contributed by atoms with E-state index in [4.69, 9.17) is 11.6 Å². The second kappa shape index (κ2) is 7.02. The Hall–Kier alpha value is -1.89. The molecule has 0 spiro atoms. The van der Waals surface area contributed by atoms with Crippen LogP contribution in [0.5, 0.6) is 0 Å². The van der Waals surface area contributed by atoms with Crippen molar-refractivity contribution in [3.8, 4) is 0 Å². The lowest BCUT2D eigenvalue weighted by atomic mass is 10.1. The summed E-state index contributed by atoms with van der Waals surface area (Å²) in [7, 11) is -3.25. The zero-order chi connectivity index (χ0) is 18.9. The van der Waals surface area contributed by atoms with Gasteiger partial charge < -0.3 is 10.0 Å². The highest BCUT2D eigenvalue weighted by atomic mass is 35.5. The average Bonchev–Trinajstić information content (AvgIpc) is 3.01. The van der Waals surface area contributed by atoms with E-state index in [1.807, 2.05) is 24.0 Å². The fourth-order valence-corrected chi connectivity index (χ4v) is 3.85. The van der Waals surface area contributed by atoms with Gasteiger partial charge in [0.1, 0.15) is 5.84 Å². The van der Waals surface area contributed by atoms with Gasteiger partial charge in [-0.15, -0.1) is 0 Å². The molecule has 0 aromatic heterocycles. The van der Waals surface area contributed by atoms with E-state index in [1.54, 1.807) is 43.3 Å². The maximum absolute atomic E-state index is 12.0. The first kappa shape index (κ1) is 18.9. The average molecular weight is 393 g/mol. The van der Waals surface area contributed by atoms with Gasteiger partial charge in [-0.3, -0.25) is 0 Å². The number of sulfone groups is 1. The standard InChI is InChI=1S/C19H21ClN2O3S/c1-3-19(23)13-22(16-9-7-15(20)8-10-16)18(21-19)14-5-11-17(12-6-14)26(24,25)4-2/h5-12,23H,3-4,13H2,1-2H3. The molecule has 7 heteroatoms. The van der Waals surface area contributed by atoms with Gasteiger partial charge in [0.05, 0.1) is 17.2 Å².